The van der Waals surface area contributed by atoms with Gasteiger partial charge in [0.2, 0.25) is 0 Å². The average Bonchev–Trinajstić information content (AvgIpc) is 2.40. The van der Waals surface area contributed by atoms with Gasteiger partial charge in [0.15, 0.2) is 0 Å². The van der Waals surface area contributed by atoms with Crippen LogP contribution in [0.25, 0.3) is 0 Å². The molecular weight excluding hydrogens is 248 g/mol. The fourth-order valence-corrected chi connectivity index (χ4v) is 1.64. The van der Waals surface area contributed by atoms with Crippen LogP contribution in [-0.2, 0) is 0 Å². The number of aryl methyl sites for hydroxylation is 1. The summed E-state index contributed by atoms with van der Waals surface area (Å²) in [4.78, 5) is 4.16. The highest BCUT2D eigenvalue weighted by Gasteiger charge is 1.98. The van der Waals surface area contributed by atoms with E-state index in [4.69, 9.17) is 16.3 Å². The van der Waals surface area contributed by atoms with Crippen LogP contribution in [0.15, 0.2) is 42.6 Å². The Morgan fingerprint density at radius 2 is 2.17 bits per heavy atom. The number of pyridine rings is 1. The summed E-state index contributed by atoms with van der Waals surface area (Å²) in [7, 11) is 0. The Kier molecular flexibility index (Phi) is 4.42. The van der Waals surface area contributed by atoms with E-state index in [-0.39, 0.29) is 0 Å². The van der Waals surface area contributed by atoms with Crippen molar-refractivity contribution in [2.24, 2.45) is 0 Å². The van der Waals surface area contributed by atoms with E-state index < -0.39 is 0 Å². The number of ether oxygens (including phenoxy) is 1. The van der Waals surface area contributed by atoms with E-state index >= 15 is 0 Å². The molecule has 0 fully saturated rings. The van der Waals surface area contributed by atoms with Gasteiger partial charge in [-0.2, -0.15) is 0 Å². The molecule has 18 heavy (non-hydrogen) atoms. The van der Waals surface area contributed by atoms with Gasteiger partial charge < -0.3 is 10.1 Å². The van der Waals surface area contributed by atoms with Crippen molar-refractivity contribution in [3.05, 3.63) is 53.2 Å². The van der Waals surface area contributed by atoms with Crippen molar-refractivity contribution in [2.75, 3.05) is 18.5 Å². The minimum atomic E-state index is 0.581. The third-order valence-electron chi connectivity index (χ3n) is 2.47. The first-order chi connectivity index (χ1) is 8.75. The highest BCUT2D eigenvalue weighted by Crippen LogP contribution is 2.20. The van der Waals surface area contributed by atoms with E-state index in [0.29, 0.717) is 13.2 Å². The van der Waals surface area contributed by atoms with Gasteiger partial charge in [-0.1, -0.05) is 17.7 Å². The van der Waals surface area contributed by atoms with E-state index in [0.717, 1.165) is 22.2 Å². The first-order valence-electron chi connectivity index (χ1n) is 5.79. The topological polar surface area (TPSA) is 34.1 Å². The van der Waals surface area contributed by atoms with E-state index in [1.165, 1.54) is 0 Å². The molecule has 0 amide bonds. The van der Waals surface area contributed by atoms with E-state index in [1.54, 1.807) is 6.20 Å². The predicted octanol–water partition coefficient (Wildman–Crippen LogP) is 3.53. The number of benzene rings is 1. The third kappa shape index (κ3) is 3.64. The standard InChI is InChI=1S/C14H15ClN2O/c1-11-10-12(5-6-13(11)15)18-9-8-17-14-4-2-3-7-16-14/h2-7,10H,8-9H2,1H3,(H,16,17). The Morgan fingerprint density at radius 3 is 2.89 bits per heavy atom. The van der Waals surface area contributed by atoms with Crippen molar-refractivity contribution in [1.29, 1.82) is 0 Å². The van der Waals surface area contributed by atoms with Crippen LogP contribution in [0, 0.1) is 6.92 Å². The summed E-state index contributed by atoms with van der Waals surface area (Å²) in [6.07, 6.45) is 1.76. The zero-order chi connectivity index (χ0) is 12.8. The van der Waals surface area contributed by atoms with Gasteiger partial charge in [-0.15, -0.1) is 0 Å². The molecule has 0 bridgehead atoms. The fourth-order valence-electron chi connectivity index (χ4n) is 1.52. The van der Waals surface area contributed by atoms with Crippen molar-refractivity contribution in [2.45, 2.75) is 6.92 Å². The minimum absolute atomic E-state index is 0.581. The first-order valence-corrected chi connectivity index (χ1v) is 6.17. The molecule has 0 unspecified atom stereocenters. The smallest absolute Gasteiger partial charge is 0.125 e. The molecule has 0 saturated heterocycles. The largest absolute Gasteiger partial charge is 0.492 e. The maximum Gasteiger partial charge on any atom is 0.125 e. The second kappa shape index (κ2) is 6.26. The Bertz CT molecular complexity index is 502. The molecule has 1 N–H and O–H groups in total. The molecule has 0 radical (unpaired) electrons. The molecule has 0 aliphatic rings. The average molecular weight is 263 g/mol. The van der Waals surface area contributed by atoms with Crippen molar-refractivity contribution in [3.63, 3.8) is 0 Å². The summed E-state index contributed by atoms with van der Waals surface area (Å²) in [6.45, 7) is 3.25. The van der Waals surface area contributed by atoms with Crippen LogP contribution < -0.4 is 10.1 Å². The fraction of sp³-hybridized carbons (Fsp3) is 0.214. The molecule has 1 aromatic carbocycles. The van der Waals surface area contributed by atoms with Crippen LogP contribution in [0.5, 0.6) is 5.75 Å². The van der Waals surface area contributed by atoms with Crippen LogP contribution in [0.1, 0.15) is 5.56 Å². The van der Waals surface area contributed by atoms with Crippen LogP contribution in [0.3, 0.4) is 0 Å². The molecule has 0 atom stereocenters. The summed E-state index contributed by atoms with van der Waals surface area (Å²) >= 11 is 5.95. The zero-order valence-electron chi connectivity index (χ0n) is 10.2. The number of rotatable bonds is 5. The van der Waals surface area contributed by atoms with Crippen LogP contribution >= 0.6 is 11.6 Å². The van der Waals surface area contributed by atoms with Gasteiger partial charge >= 0.3 is 0 Å². The highest BCUT2D eigenvalue weighted by molar-refractivity contribution is 6.31. The van der Waals surface area contributed by atoms with Crippen molar-refractivity contribution >= 4 is 17.4 Å². The lowest BCUT2D eigenvalue weighted by Gasteiger charge is -2.09. The van der Waals surface area contributed by atoms with Gasteiger partial charge in [-0.05, 0) is 42.8 Å². The Balaban J connectivity index is 1.77. The second-order valence-electron chi connectivity index (χ2n) is 3.90. The van der Waals surface area contributed by atoms with Gasteiger partial charge in [0, 0.05) is 11.2 Å². The molecule has 0 aliphatic heterocycles. The lowest BCUT2D eigenvalue weighted by Crippen LogP contribution is -2.12. The quantitative estimate of drug-likeness (QED) is 0.837. The van der Waals surface area contributed by atoms with E-state index in [1.807, 2.05) is 43.3 Å². The number of nitrogens with zero attached hydrogens (tertiary/aromatic N) is 1. The van der Waals surface area contributed by atoms with Crippen LogP contribution in [-0.4, -0.2) is 18.1 Å². The molecule has 1 heterocycles. The summed E-state index contributed by atoms with van der Waals surface area (Å²) in [5.74, 6) is 1.69. The van der Waals surface area contributed by atoms with Crippen LogP contribution in [0.2, 0.25) is 5.02 Å². The summed E-state index contributed by atoms with van der Waals surface area (Å²) < 4.78 is 5.61. The maximum atomic E-state index is 5.95. The minimum Gasteiger partial charge on any atom is -0.492 e. The van der Waals surface area contributed by atoms with Crippen molar-refractivity contribution in [1.82, 2.24) is 4.98 Å². The number of nitrogens with one attached hydrogen (secondary N) is 1. The number of aromatic nitrogens is 1. The van der Waals surface area contributed by atoms with Gasteiger partial charge in [0.25, 0.3) is 0 Å². The number of hydrogen-bond acceptors (Lipinski definition) is 3. The van der Waals surface area contributed by atoms with Gasteiger partial charge in [0.1, 0.15) is 18.2 Å². The third-order valence-corrected chi connectivity index (χ3v) is 2.90. The molecular formula is C14H15ClN2O. The Hall–Kier alpha value is -1.74. The summed E-state index contributed by atoms with van der Waals surface area (Å²) in [5.41, 5.74) is 1.02. The molecule has 0 aliphatic carbocycles. The molecule has 0 spiro atoms. The maximum absolute atomic E-state index is 5.95. The highest BCUT2D eigenvalue weighted by atomic mass is 35.5. The molecule has 0 saturated carbocycles. The lowest BCUT2D eigenvalue weighted by molar-refractivity contribution is 0.332. The normalized spacial score (nSPS) is 10.1. The summed E-state index contributed by atoms with van der Waals surface area (Å²) in [6, 6.07) is 11.4. The van der Waals surface area contributed by atoms with E-state index in [2.05, 4.69) is 10.3 Å². The van der Waals surface area contributed by atoms with Crippen LogP contribution in [0.4, 0.5) is 5.82 Å². The lowest BCUT2D eigenvalue weighted by atomic mass is 10.2. The van der Waals surface area contributed by atoms with E-state index in [9.17, 15) is 0 Å². The zero-order valence-corrected chi connectivity index (χ0v) is 10.9. The summed E-state index contributed by atoms with van der Waals surface area (Å²) in [5, 5.41) is 3.94. The van der Waals surface area contributed by atoms with Gasteiger partial charge in [-0.25, -0.2) is 4.98 Å². The molecule has 4 heteroatoms. The first kappa shape index (κ1) is 12.7. The molecule has 94 valence electrons. The Morgan fingerprint density at radius 1 is 1.28 bits per heavy atom. The SMILES string of the molecule is Cc1cc(OCCNc2ccccn2)ccc1Cl. The second-order valence-corrected chi connectivity index (χ2v) is 4.31. The van der Waals surface area contributed by atoms with Gasteiger partial charge in [-0.3, -0.25) is 0 Å². The number of hydrogen-bond donors (Lipinski definition) is 1. The molecule has 2 aromatic rings. The van der Waals surface area contributed by atoms with Crippen molar-refractivity contribution < 1.29 is 4.74 Å². The monoisotopic (exact) mass is 262 g/mol. The molecule has 2 rings (SSSR count). The Labute approximate surface area is 112 Å². The molecule has 1 aromatic heterocycles. The molecule has 3 nitrogen and oxygen atoms in total. The number of halogens is 1. The number of anilines is 1. The predicted molar refractivity (Wildman–Crippen MR) is 74.4 cm³/mol. The van der Waals surface area contributed by atoms with Gasteiger partial charge in [0.05, 0.1) is 6.54 Å². The van der Waals surface area contributed by atoms with Crippen molar-refractivity contribution in [3.8, 4) is 5.75 Å².